The van der Waals surface area contributed by atoms with Crippen molar-refractivity contribution >= 4 is 5.91 Å². The van der Waals surface area contributed by atoms with Gasteiger partial charge in [-0.2, -0.15) is 0 Å². The monoisotopic (exact) mass is 290 g/mol. The molecule has 2 rings (SSSR count). The Bertz CT molecular complexity index is 489. The second kappa shape index (κ2) is 7.05. The molecule has 4 heteroatoms. The maximum absolute atomic E-state index is 12.6. The first-order valence-corrected chi connectivity index (χ1v) is 7.66. The molecule has 4 nitrogen and oxygen atoms in total. The minimum atomic E-state index is -0.0202. The number of rotatable bonds is 4. The average molecular weight is 290 g/mol. The molecule has 1 heterocycles. The quantitative estimate of drug-likeness (QED) is 0.924. The second-order valence-corrected chi connectivity index (χ2v) is 5.98. The van der Waals surface area contributed by atoms with Crippen LogP contribution >= 0.6 is 0 Å². The van der Waals surface area contributed by atoms with Gasteiger partial charge < -0.3 is 15.0 Å². The Morgan fingerprint density at radius 3 is 2.86 bits per heavy atom. The summed E-state index contributed by atoms with van der Waals surface area (Å²) in [6, 6.07) is 8.38. The Morgan fingerprint density at radius 2 is 2.19 bits per heavy atom. The van der Waals surface area contributed by atoms with Crippen LogP contribution in [0.3, 0.4) is 0 Å². The summed E-state index contributed by atoms with van der Waals surface area (Å²) in [7, 11) is 1.88. The van der Waals surface area contributed by atoms with Crippen LogP contribution in [0, 0.1) is 12.8 Å². The molecule has 116 valence electrons. The van der Waals surface area contributed by atoms with Crippen molar-refractivity contribution in [2.24, 2.45) is 5.92 Å². The van der Waals surface area contributed by atoms with Crippen molar-refractivity contribution in [1.29, 1.82) is 0 Å². The van der Waals surface area contributed by atoms with E-state index in [2.05, 4.69) is 31.3 Å². The number of nitrogens with one attached hydrogen (secondary N) is 1. The number of benzene rings is 1. The highest BCUT2D eigenvalue weighted by molar-refractivity contribution is 5.79. The number of nitrogens with zero attached hydrogens (tertiary/aromatic N) is 1. The third kappa shape index (κ3) is 3.63. The van der Waals surface area contributed by atoms with Crippen molar-refractivity contribution in [3.63, 3.8) is 0 Å². The van der Waals surface area contributed by atoms with Gasteiger partial charge in [-0.05, 0) is 32.0 Å². The molecular formula is C17H26N2O2. The Hall–Kier alpha value is -1.39. The van der Waals surface area contributed by atoms with Gasteiger partial charge in [0, 0.05) is 12.5 Å². The zero-order valence-corrected chi connectivity index (χ0v) is 13.4. The van der Waals surface area contributed by atoms with Crippen LogP contribution in [-0.2, 0) is 9.53 Å². The SMILES string of the molecule is CNC[C@H](C)C(=O)N1C[C@@H](c2ccccc2C)OC[C@H]1C. The van der Waals surface area contributed by atoms with Crippen LogP contribution < -0.4 is 5.32 Å². The van der Waals surface area contributed by atoms with E-state index in [0.29, 0.717) is 19.7 Å². The number of amides is 1. The summed E-state index contributed by atoms with van der Waals surface area (Å²) in [5, 5.41) is 3.08. The topological polar surface area (TPSA) is 41.6 Å². The Morgan fingerprint density at radius 1 is 1.48 bits per heavy atom. The van der Waals surface area contributed by atoms with Gasteiger partial charge in [0.2, 0.25) is 5.91 Å². The Labute approximate surface area is 127 Å². The van der Waals surface area contributed by atoms with Gasteiger partial charge in [-0.25, -0.2) is 0 Å². The minimum absolute atomic E-state index is 0.00642. The van der Waals surface area contributed by atoms with E-state index in [1.165, 1.54) is 11.1 Å². The first kappa shape index (κ1) is 16.0. The van der Waals surface area contributed by atoms with Crippen LogP contribution in [0.15, 0.2) is 24.3 Å². The number of hydrogen-bond donors (Lipinski definition) is 1. The van der Waals surface area contributed by atoms with E-state index in [0.717, 1.165) is 0 Å². The molecule has 0 unspecified atom stereocenters. The lowest BCUT2D eigenvalue weighted by Crippen LogP contribution is -2.51. The fourth-order valence-corrected chi connectivity index (χ4v) is 2.88. The van der Waals surface area contributed by atoms with Gasteiger partial charge in [-0.1, -0.05) is 31.2 Å². The summed E-state index contributed by atoms with van der Waals surface area (Å²) < 4.78 is 5.97. The summed E-state index contributed by atoms with van der Waals surface area (Å²) in [4.78, 5) is 14.6. The normalized spacial score (nSPS) is 23.9. The van der Waals surface area contributed by atoms with Crippen LogP contribution in [0.25, 0.3) is 0 Å². The predicted octanol–water partition coefficient (Wildman–Crippen LogP) is 2.14. The third-order valence-electron chi connectivity index (χ3n) is 4.18. The fourth-order valence-electron chi connectivity index (χ4n) is 2.88. The summed E-state index contributed by atoms with van der Waals surface area (Å²) in [5.74, 6) is 0.201. The van der Waals surface area contributed by atoms with Crippen LogP contribution in [-0.4, -0.2) is 43.6 Å². The number of ether oxygens (including phenoxy) is 1. The fraction of sp³-hybridized carbons (Fsp3) is 0.588. The van der Waals surface area contributed by atoms with Crippen LogP contribution in [0.4, 0.5) is 0 Å². The lowest BCUT2D eigenvalue weighted by Gasteiger charge is -2.39. The number of carbonyl (C=O) groups is 1. The molecule has 1 N–H and O–H groups in total. The highest BCUT2D eigenvalue weighted by atomic mass is 16.5. The zero-order valence-electron chi connectivity index (χ0n) is 13.4. The summed E-state index contributed by atoms with van der Waals surface area (Å²) >= 11 is 0. The number of aryl methyl sites for hydroxylation is 1. The van der Waals surface area contributed by atoms with Crippen molar-refractivity contribution in [3.05, 3.63) is 35.4 Å². The highest BCUT2D eigenvalue weighted by Crippen LogP contribution is 2.27. The average Bonchev–Trinajstić information content (AvgIpc) is 2.48. The third-order valence-corrected chi connectivity index (χ3v) is 4.18. The largest absolute Gasteiger partial charge is 0.370 e. The van der Waals surface area contributed by atoms with Gasteiger partial charge in [0.05, 0.1) is 19.2 Å². The molecule has 1 saturated heterocycles. The maximum atomic E-state index is 12.6. The van der Waals surface area contributed by atoms with Crippen molar-refractivity contribution in [2.75, 3.05) is 26.7 Å². The van der Waals surface area contributed by atoms with Crippen molar-refractivity contribution in [3.8, 4) is 0 Å². The smallest absolute Gasteiger partial charge is 0.227 e. The van der Waals surface area contributed by atoms with E-state index in [9.17, 15) is 4.79 Å². The van der Waals surface area contributed by atoms with E-state index >= 15 is 0 Å². The van der Waals surface area contributed by atoms with E-state index in [1.54, 1.807) is 0 Å². The molecule has 1 aliphatic heterocycles. The van der Waals surface area contributed by atoms with Crippen molar-refractivity contribution in [2.45, 2.75) is 32.9 Å². The van der Waals surface area contributed by atoms with Crippen molar-refractivity contribution in [1.82, 2.24) is 10.2 Å². The van der Waals surface area contributed by atoms with E-state index in [-0.39, 0.29) is 24.0 Å². The molecule has 0 aliphatic carbocycles. The molecule has 1 amide bonds. The van der Waals surface area contributed by atoms with E-state index in [4.69, 9.17) is 4.74 Å². The van der Waals surface area contributed by atoms with Gasteiger partial charge >= 0.3 is 0 Å². The van der Waals surface area contributed by atoms with Crippen LogP contribution in [0.5, 0.6) is 0 Å². The number of hydrogen-bond acceptors (Lipinski definition) is 3. The standard InChI is InChI=1S/C17H26N2O2/c1-12-7-5-6-8-15(12)16-10-19(14(3)11-21-16)17(20)13(2)9-18-4/h5-8,13-14,16,18H,9-11H2,1-4H3/t13-,14+,16-/m0/s1. The van der Waals surface area contributed by atoms with Gasteiger partial charge in [0.25, 0.3) is 0 Å². The van der Waals surface area contributed by atoms with Gasteiger partial charge in [-0.3, -0.25) is 4.79 Å². The predicted molar refractivity (Wildman–Crippen MR) is 84.1 cm³/mol. The van der Waals surface area contributed by atoms with E-state index in [1.807, 2.05) is 31.0 Å². The molecule has 0 bridgehead atoms. The van der Waals surface area contributed by atoms with Crippen LogP contribution in [0.2, 0.25) is 0 Å². The molecule has 0 aromatic heterocycles. The summed E-state index contributed by atoms with van der Waals surface area (Å²) in [5.41, 5.74) is 2.40. The number of morpholine rings is 1. The van der Waals surface area contributed by atoms with Gasteiger partial charge in [0.1, 0.15) is 6.10 Å². The second-order valence-electron chi connectivity index (χ2n) is 5.98. The molecule has 0 saturated carbocycles. The molecular weight excluding hydrogens is 264 g/mol. The number of carbonyl (C=O) groups excluding carboxylic acids is 1. The lowest BCUT2D eigenvalue weighted by molar-refractivity contribution is -0.148. The molecule has 1 fully saturated rings. The molecule has 0 radical (unpaired) electrons. The molecule has 21 heavy (non-hydrogen) atoms. The first-order chi connectivity index (χ1) is 10.0. The molecule has 1 aromatic carbocycles. The Balaban J connectivity index is 2.12. The minimum Gasteiger partial charge on any atom is -0.370 e. The first-order valence-electron chi connectivity index (χ1n) is 7.66. The molecule has 0 spiro atoms. The molecule has 1 aromatic rings. The van der Waals surface area contributed by atoms with E-state index < -0.39 is 0 Å². The molecule has 1 aliphatic rings. The van der Waals surface area contributed by atoms with Gasteiger partial charge in [-0.15, -0.1) is 0 Å². The summed E-state index contributed by atoms with van der Waals surface area (Å²) in [6.07, 6.45) is -0.0202. The van der Waals surface area contributed by atoms with Crippen LogP contribution in [0.1, 0.15) is 31.1 Å². The van der Waals surface area contributed by atoms with Gasteiger partial charge in [0.15, 0.2) is 0 Å². The molecule has 3 atom stereocenters. The maximum Gasteiger partial charge on any atom is 0.227 e. The van der Waals surface area contributed by atoms with Crippen molar-refractivity contribution < 1.29 is 9.53 Å². The highest BCUT2D eigenvalue weighted by Gasteiger charge is 2.32. The summed E-state index contributed by atoms with van der Waals surface area (Å²) in [6.45, 7) is 8.06. The zero-order chi connectivity index (χ0) is 15.4. The Kier molecular flexibility index (Phi) is 5.37. The lowest BCUT2D eigenvalue weighted by atomic mass is 10.00.